The standard InChI is InChI=1S/C10H25NO3Si/c1-7-9(3)11-10(8-2)15(12-4,13-5)14-6/h9-11H,7-8H2,1-6H3. The molecule has 0 aliphatic carbocycles. The van der Waals surface area contributed by atoms with Crippen LogP contribution in [0, 0.1) is 0 Å². The molecule has 15 heavy (non-hydrogen) atoms. The fraction of sp³-hybridized carbons (Fsp3) is 1.00. The summed E-state index contributed by atoms with van der Waals surface area (Å²) in [5.74, 6) is 0. The zero-order valence-electron chi connectivity index (χ0n) is 10.8. The lowest BCUT2D eigenvalue weighted by atomic mass is 10.2. The quantitative estimate of drug-likeness (QED) is 0.648. The van der Waals surface area contributed by atoms with Crippen molar-refractivity contribution >= 4 is 8.80 Å². The third-order valence-corrected chi connectivity index (χ3v) is 5.92. The third-order valence-electron chi connectivity index (χ3n) is 2.79. The Morgan fingerprint density at radius 2 is 1.47 bits per heavy atom. The summed E-state index contributed by atoms with van der Waals surface area (Å²) in [6, 6.07) is 0.447. The summed E-state index contributed by atoms with van der Waals surface area (Å²) in [5.41, 5.74) is 0.160. The molecular weight excluding hydrogens is 210 g/mol. The van der Waals surface area contributed by atoms with Gasteiger partial charge in [-0.3, -0.25) is 0 Å². The molecule has 0 aromatic heterocycles. The van der Waals surface area contributed by atoms with Gasteiger partial charge in [-0.15, -0.1) is 0 Å². The van der Waals surface area contributed by atoms with Crippen LogP contribution in [-0.4, -0.2) is 41.8 Å². The summed E-state index contributed by atoms with van der Waals surface area (Å²) in [4.78, 5) is 0. The van der Waals surface area contributed by atoms with E-state index in [0.717, 1.165) is 12.8 Å². The van der Waals surface area contributed by atoms with Crippen molar-refractivity contribution in [1.82, 2.24) is 5.32 Å². The first-order valence-electron chi connectivity index (χ1n) is 5.51. The third kappa shape index (κ3) is 3.84. The van der Waals surface area contributed by atoms with Gasteiger partial charge in [-0.05, 0) is 19.8 Å². The lowest BCUT2D eigenvalue weighted by Gasteiger charge is -2.34. The molecule has 4 nitrogen and oxygen atoms in total. The molecule has 0 aromatic carbocycles. The molecule has 0 spiro atoms. The molecule has 92 valence electrons. The molecule has 0 amide bonds. The maximum Gasteiger partial charge on any atom is 0.518 e. The van der Waals surface area contributed by atoms with Crippen molar-refractivity contribution in [2.75, 3.05) is 21.3 Å². The van der Waals surface area contributed by atoms with E-state index in [0.29, 0.717) is 6.04 Å². The Morgan fingerprint density at radius 1 is 1.00 bits per heavy atom. The van der Waals surface area contributed by atoms with Crippen molar-refractivity contribution in [3.8, 4) is 0 Å². The van der Waals surface area contributed by atoms with Gasteiger partial charge in [-0.1, -0.05) is 13.8 Å². The lowest BCUT2D eigenvalue weighted by molar-refractivity contribution is 0.104. The predicted molar refractivity (Wildman–Crippen MR) is 63.7 cm³/mol. The molecule has 0 aliphatic heterocycles. The Labute approximate surface area is 94.7 Å². The van der Waals surface area contributed by atoms with E-state index in [4.69, 9.17) is 13.3 Å². The summed E-state index contributed by atoms with van der Waals surface area (Å²) in [5, 5.41) is 3.50. The maximum absolute atomic E-state index is 5.47. The Kier molecular flexibility index (Phi) is 7.38. The summed E-state index contributed by atoms with van der Waals surface area (Å²) >= 11 is 0. The first kappa shape index (κ1) is 15.1. The molecule has 2 atom stereocenters. The van der Waals surface area contributed by atoms with Crippen molar-refractivity contribution in [3.05, 3.63) is 0 Å². The predicted octanol–water partition coefficient (Wildman–Crippen LogP) is 1.57. The monoisotopic (exact) mass is 235 g/mol. The fourth-order valence-electron chi connectivity index (χ4n) is 1.61. The zero-order chi connectivity index (χ0) is 11.9. The first-order valence-corrected chi connectivity index (χ1v) is 7.31. The second kappa shape index (κ2) is 7.35. The molecule has 1 N–H and O–H groups in total. The summed E-state index contributed by atoms with van der Waals surface area (Å²) in [7, 11) is 2.42. The number of rotatable bonds is 8. The Bertz CT molecular complexity index is 156. The fourth-order valence-corrected chi connectivity index (χ4v) is 3.95. The first-order chi connectivity index (χ1) is 7.10. The summed E-state index contributed by atoms with van der Waals surface area (Å²) in [6.07, 6.45) is 2.02. The van der Waals surface area contributed by atoms with Gasteiger partial charge in [0, 0.05) is 27.4 Å². The SMILES string of the molecule is CCC(C)NC(CC)[Si](OC)(OC)OC. The molecule has 0 bridgehead atoms. The molecule has 2 unspecified atom stereocenters. The normalized spacial score (nSPS) is 16.4. The maximum atomic E-state index is 5.47. The van der Waals surface area contributed by atoms with Gasteiger partial charge in [0.2, 0.25) is 0 Å². The van der Waals surface area contributed by atoms with E-state index < -0.39 is 8.80 Å². The molecule has 0 rings (SSSR count). The highest BCUT2D eigenvalue weighted by atomic mass is 28.4. The van der Waals surface area contributed by atoms with Crippen LogP contribution in [0.2, 0.25) is 0 Å². The Morgan fingerprint density at radius 3 is 1.73 bits per heavy atom. The highest BCUT2D eigenvalue weighted by Crippen LogP contribution is 2.15. The van der Waals surface area contributed by atoms with Crippen LogP contribution in [0.5, 0.6) is 0 Å². The van der Waals surface area contributed by atoms with Gasteiger partial charge in [0.25, 0.3) is 0 Å². The minimum atomic E-state index is -2.54. The van der Waals surface area contributed by atoms with Crippen molar-refractivity contribution in [1.29, 1.82) is 0 Å². The van der Waals surface area contributed by atoms with E-state index in [1.165, 1.54) is 0 Å². The van der Waals surface area contributed by atoms with E-state index in [2.05, 4.69) is 26.1 Å². The summed E-state index contributed by atoms with van der Waals surface area (Å²) in [6.45, 7) is 6.42. The van der Waals surface area contributed by atoms with Gasteiger partial charge in [-0.25, -0.2) is 0 Å². The zero-order valence-corrected chi connectivity index (χ0v) is 11.8. The van der Waals surface area contributed by atoms with Gasteiger partial charge in [0.15, 0.2) is 0 Å². The van der Waals surface area contributed by atoms with Crippen molar-refractivity contribution in [2.24, 2.45) is 0 Å². The van der Waals surface area contributed by atoms with E-state index in [9.17, 15) is 0 Å². The van der Waals surface area contributed by atoms with Crippen molar-refractivity contribution in [3.63, 3.8) is 0 Å². The van der Waals surface area contributed by atoms with E-state index in [-0.39, 0.29) is 5.67 Å². The molecule has 0 heterocycles. The minimum Gasteiger partial charge on any atom is -0.376 e. The molecule has 0 radical (unpaired) electrons. The van der Waals surface area contributed by atoms with Crippen LogP contribution < -0.4 is 5.32 Å². The van der Waals surface area contributed by atoms with E-state index >= 15 is 0 Å². The molecule has 0 aromatic rings. The number of nitrogens with one attached hydrogen (secondary N) is 1. The van der Waals surface area contributed by atoms with Gasteiger partial charge in [-0.2, -0.15) is 0 Å². The van der Waals surface area contributed by atoms with Gasteiger partial charge >= 0.3 is 8.80 Å². The lowest BCUT2D eigenvalue weighted by Crippen LogP contribution is -2.61. The Hall–Kier alpha value is 0.0569. The average Bonchev–Trinajstić information content (AvgIpc) is 2.29. The average molecular weight is 235 g/mol. The molecule has 0 saturated carbocycles. The molecule has 0 saturated heterocycles. The van der Waals surface area contributed by atoms with Crippen LogP contribution in [0.15, 0.2) is 0 Å². The molecule has 0 aliphatic rings. The minimum absolute atomic E-state index is 0.160. The molecule has 0 fully saturated rings. The van der Waals surface area contributed by atoms with Crippen LogP contribution in [0.3, 0.4) is 0 Å². The van der Waals surface area contributed by atoms with E-state index in [1.54, 1.807) is 21.3 Å². The smallest absolute Gasteiger partial charge is 0.376 e. The highest BCUT2D eigenvalue weighted by Gasteiger charge is 2.46. The highest BCUT2D eigenvalue weighted by molar-refractivity contribution is 6.62. The van der Waals surface area contributed by atoms with Gasteiger partial charge in [0.05, 0.1) is 5.67 Å². The molecule has 5 heteroatoms. The van der Waals surface area contributed by atoms with Crippen molar-refractivity contribution < 1.29 is 13.3 Å². The van der Waals surface area contributed by atoms with Gasteiger partial charge < -0.3 is 18.6 Å². The second-order valence-electron chi connectivity index (χ2n) is 3.65. The van der Waals surface area contributed by atoms with Crippen LogP contribution in [0.1, 0.15) is 33.6 Å². The topological polar surface area (TPSA) is 39.7 Å². The van der Waals surface area contributed by atoms with Crippen LogP contribution in [0.4, 0.5) is 0 Å². The number of hydrogen-bond acceptors (Lipinski definition) is 4. The van der Waals surface area contributed by atoms with Gasteiger partial charge in [0.1, 0.15) is 0 Å². The Balaban J connectivity index is 4.58. The summed E-state index contributed by atoms with van der Waals surface area (Å²) < 4.78 is 16.4. The molecular formula is C10H25NO3Si. The van der Waals surface area contributed by atoms with E-state index in [1.807, 2.05) is 0 Å². The van der Waals surface area contributed by atoms with Crippen molar-refractivity contribution in [2.45, 2.75) is 45.3 Å². The van der Waals surface area contributed by atoms with Crippen LogP contribution >= 0.6 is 0 Å². The van der Waals surface area contributed by atoms with Crippen LogP contribution in [0.25, 0.3) is 0 Å². The largest absolute Gasteiger partial charge is 0.518 e. The van der Waals surface area contributed by atoms with Crippen LogP contribution in [-0.2, 0) is 13.3 Å². The number of hydrogen-bond donors (Lipinski definition) is 1. The second-order valence-corrected chi connectivity index (χ2v) is 6.78.